The van der Waals surface area contributed by atoms with E-state index in [1.165, 1.54) is 0 Å². The highest BCUT2D eigenvalue weighted by Crippen LogP contribution is 2.53. The third-order valence-electron chi connectivity index (χ3n) is 5.29. The highest BCUT2D eigenvalue weighted by molar-refractivity contribution is 7.80. The first-order valence-corrected chi connectivity index (χ1v) is 9.41. The number of nitrogens with two attached hydrogens (primary N) is 1. The van der Waals surface area contributed by atoms with Crippen LogP contribution in [0.15, 0.2) is 41.3 Å². The Morgan fingerprint density at radius 3 is 2.42 bits per heavy atom. The van der Waals surface area contributed by atoms with Crippen molar-refractivity contribution in [2.75, 3.05) is 18.2 Å². The van der Waals surface area contributed by atoms with Crippen molar-refractivity contribution in [3.8, 4) is 5.75 Å². The summed E-state index contributed by atoms with van der Waals surface area (Å²) in [5, 5.41) is 3.07. The standard InChI is InChI=1S/C14H18N2O.C7H8OS/c1-8(2)10-6-9(15)7-11-12(10)16-13(17)14(11)4-3-5-14;1-8-6-4-2-3-5-7(6)9/h6-8H,3-5,15H2,1-2H3,(H,16,17);2-5,9H,1H3. The molecular weight excluding hydrogens is 344 g/mol. The highest BCUT2D eigenvalue weighted by Gasteiger charge is 2.51. The van der Waals surface area contributed by atoms with E-state index in [1.54, 1.807) is 7.11 Å². The molecule has 2 aliphatic rings. The number of rotatable bonds is 2. The summed E-state index contributed by atoms with van der Waals surface area (Å²) >= 11 is 4.15. The van der Waals surface area contributed by atoms with E-state index in [1.807, 2.05) is 36.4 Å². The van der Waals surface area contributed by atoms with E-state index < -0.39 is 0 Å². The van der Waals surface area contributed by atoms with Crippen molar-refractivity contribution in [1.82, 2.24) is 0 Å². The topological polar surface area (TPSA) is 64.3 Å². The Morgan fingerprint density at radius 2 is 1.92 bits per heavy atom. The zero-order chi connectivity index (χ0) is 18.9. The number of hydrogen-bond donors (Lipinski definition) is 3. The molecule has 0 aromatic heterocycles. The molecule has 5 heteroatoms. The molecule has 1 amide bonds. The van der Waals surface area contributed by atoms with Gasteiger partial charge in [-0.05, 0) is 54.2 Å². The normalized spacial score (nSPS) is 16.4. The zero-order valence-electron chi connectivity index (χ0n) is 15.5. The predicted molar refractivity (Wildman–Crippen MR) is 109 cm³/mol. The molecule has 0 bridgehead atoms. The molecule has 0 unspecified atom stereocenters. The van der Waals surface area contributed by atoms with Crippen molar-refractivity contribution in [3.05, 3.63) is 47.5 Å². The summed E-state index contributed by atoms with van der Waals surface area (Å²) in [5.74, 6) is 1.37. The van der Waals surface area contributed by atoms with Gasteiger partial charge in [0, 0.05) is 16.3 Å². The maximum atomic E-state index is 12.2. The molecule has 0 atom stereocenters. The number of ether oxygens (including phenoxy) is 1. The van der Waals surface area contributed by atoms with Gasteiger partial charge in [-0.2, -0.15) is 0 Å². The van der Waals surface area contributed by atoms with Gasteiger partial charge in [0.25, 0.3) is 0 Å². The molecule has 2 aromatic rings. The van der Waals surface area contributed by atoms with Gasteiger partial charge in [0.2, 0.25) is 5.91 Å². The van der Waals surface area contributed by atoms with Crippen molar-refractivity contribution >= 4 is 29.9 Å². The van der Waals surface area contributed by atoms with Gasteiger partial charge in [0.05, 0.1) is 12.5 Å². The van der Waals surface area contributed by atoms with Crippen LogP contribution < -0.4 is 15.8 Å². The van der Waals surface area contributed by atoms with E-state index >= 15 is 0 Å². The second kappa shape index (κ2) is 7.23. The zero-order valence-corrected chi connectivity index (χ0v) is 16.4. The molecule has 4 nitrogen and oxygen atoms in total. The molecule has 1 fully saturated rings. The van der Waals surface area contributed by atoms with Crippen molar-refractivity contribution in [3.63, 3.8) is 0 Å². The SMILES string of the molecule is CC(C)c1cc(N)cc2c1NC(=O)C21CCC1.COc1ccccc1S. The third kappa shape index (κ3) is 3.16. The Morgan fingerprint density at radius 1 is 1.23 bits per heavy atom. The van der Waals surface area contributed by atoms with Gasteiger partial charge in [-0.1, -0.05) is 32.4 Å². The molecule has 0 saturated heterocycles. The minimum atomic E-state index is -0.256. The second-order valence-corrected chi connectivity index (χ2v) is 7.73. The van der Waals surface area contributed by atoms with Gasteiger partial charge < -0.3 is 15.8 Å². The second-order valence-electron chi connectivity index (χ2n) is 7.25. The molecular formula is C21H26N2O2S. The monoisotopic (exact) mass is 370 g/mol. The largest absolute Gasteiger partial charge is 0.496 e. The van der Waals surface area contributed by atoms with Crippen LogP contribution in [-0.4, -0.2) is 13.0 Å². The van der Waals surface area contributed by atoms with E-state index in [0.717, 1.165) is 52.4 Å². The quantitative estimate of drug-likeness (QED) is 0.528. The maximum absolute atomic E-state index is 12.2. The number of nitrogen functional groups attached to an aromatic ring is 1. The van der Waals surface area contributed by atoms with E-state index in [2.05, 4.69) is 31.8 Å². The minimum Gasteiger partial charge on any atom is -0.496 e. The lowest BCUT2D eigenvalue weighted by Crippen LogP contribution is -2.40. The van der Waals surface area contributed by atoms with Gasteiger partial charge in [-0.15, -0.1) is 12.6 Å². The van der Waals surface area contributed by atoms with E-state index in [0.29, 0.717) is 5.92 Å². The van der Waals surface area contributed by atoms with Gasteiger partial charge >= 0.3 is 0 Å². The number of benzene rings is 2. The molecule has 138 valence electrons. The molecule has 1 spiro atoms. The smallest absolute Gasteiger partial charge is 0.235 e. The molecule has 2 aromatic carbocycles. The Labute approximate surface area is 160 Å². The lowest BCUT2D eigenvalue weighted by Gasteiger charge is -2.36. The summed E-state index contributed by atoms with van der Waals surface area (Å²) in [6.07, 6.45) is 3.07. The van der Waals surface area contributed by atoms with Crippen LogP contribution in [-0.2, 0) is 10.2 Å². The Hall–Kier alpha value is -2.14. The first kappa shape index (κ1) is 18.6. The van der Waals surface area contributed by atoms with Crippen molar-refractivity contribution in [2.24, 2.45) is 0 Å². The van der Waals surface area contributed by atoms with Crippen LogP contribution >= 0.6 is 12.6 Å². The number of fused-ring (bicyclic) bond motifs is 2. The Bertz CT molecular complexity index is 829. The van der Waals surface area contributed by atoms with Crippen molar-refractivity contribution < 1.29 is 9.53 Å². The minimum absolute atomic E-state index is 0.172. The fourth-order valence-corrected chi connectivity index (χ4v) is 3.92. The number of para-hydroxylation sites is 1. The lowest BCUT2D eigenvalue weighted by atomic mass is 9.65. The number of nitrogens with one attached hydrogen (secondary N) is 1. The van der Waals surface area contributed by atoms with Gasteiger partial charge in [0.15, 0.2) is 0 Å². The summed E-state index contributed by atoms with van der Waals surface area (Å²) in [6.45, 7) is 4.26. The van der Waals surface area contributed by atoms with Crippen LogP contribution in [0, 0.1) is 0 Å². The first-order chi connectivity index (χ1) is 12.4. The summed E-state index contributed by atoms with van der Waals surface area (Å²) in [5.41, 5.74) is 9.82. The van der Waals surface area contributed by atoms with Crippen LogP contribution in [0.25, 0.3) is 0 Å². The molecule has 1 aliphatic heterocycles. The van der Waals surface area contributed by atoms with Gasteiger partial charge in [-0.3, -0.25) is 4.79 Å². The number of hydrogen-bond acceptors (Lipinski definition) is 4. The predicted octanol–water partition coefficient (Wildman–Crippen LogP) is 4.75. The summed E-state index contributed by atoms with van der Waals surface area (Å²) in [4.78, 5) is 13.0. The van der Waals surface area contributed by atoms with Crippen LogP contribution in [0.2, 0.25) is 0 Å². The molecule has 0 radical (unpaired) electrons. The number of amides is 1. The molecule has 4 rings (SSSR count). The number of thiol groups is 1. The van der Waals surface area contributed by atoms with E-state index in [9.17, 15) is 4.79 Å². The van der Waals surface area contributed by atoms with Crippen LogP contribution in [0.4, 0.5) is 11.4 Å². The average Bonchev–Trinajstić information content (AvgIpc) is 2.86. The summed E-state index contributed by atoms with van der Waals surface area (Å²) < 4.78 is 4.97. The number of carbonyl (C=O) groups excluding carboxylic acids is 1. The van der Waals surface area contributed by atoms with Crippen molar-refractivity contribution in [2.45, 2.75) is 49.3 Å². The molecule has 1 aliphatic carbocycles. The number of methoxy groups -OCH3 is 1. The lowest BCUT2D eigenvalue weighted by molar-refractivity contribution is -0.123. The van der Waals surface area contributed by atoms with Crippen molar-refractivity contribution in [1.29, 1.82) is 0 Å². The first-order valence-electron chi connectivity index (χ1n) is 8.96. The third-order valence-corrected chi connectivity index (χ3v) is 5.66. The molecule has 26 heavy (non-hydrogen) atoms. The van der Waals surface area contributed by atoms with E-state index in [-0.39, 0.29) is 11.3 Å². The Balaban J connectivity index is 0.000000185. The van der Waals surface area contributed by atoms with Crippen LogP contribution in [0.5, 0.6) is 5.75 Å². The van der Waals surface area contributed by atoms with Gasteiger partial charge in [-0.25, -0.2) is 0 Å². The number of carbonyl (C=O) groups is 1. The maximum Gasteiger partial charge on any atom is 0.235 e. The fraction of sp³-hybridized carbons (Fsp3) is 0.381. The van der Waals surface area contributed by atoms with E-state index in [4.69, 9.17) is 10.5 Å². The number of anilines is 2. The van der Waals surface area contributed by atoms with Crippen LogP contribution in [0.1, 0.15) is 50.2 Å². The summed E-state index contributed by atoms with van der Waals surface area (Å²) in [6, 6.07) is 11.6. The Kier molecular flexibility index (Phi) is 5.19. The summed E-state index contributed by atoms with van der Waals surface area (Å²) in [7, 11) is 1.63. The average molecular weight is 371 g/mol. The molecule has 1 heterocycles. The van der Waals surface area contributed by atoms with Crippen LogP contribution in [0.3, 0.4) is 0 Å². The molecule has 1 saturated carbocycles. The highest BCUT2D eigenvalue weighted by atomic mass is 32.1. The molecule has 3 N–H and O–H groups in total. The fourth-order valence-electron chi connectivity index (χ4n) is 3.67. The van der Waals surface area contributed by atoms with Gasteiger partial charge in [0.1, 0.15) is 5.75 Å².